The van der Waals surface area contributed by atoms with Crippen LogP contribution >= 0.6 is 0 Å². The zero-order valence-corrected chi connectivity index (χ0v) is 17.5. The summed E-state index contributed by atoms with van der Waals surface area (Å²) in [6.45, 7) is 5.51. The number of methoxy groups -OCH3 is 1. The first kappa shape index (κ1) is 19.9. The van der Waals surface area contributed by atoms with E-state index in [4.69, 9.17) is 9.26 Å². The Morgan fingerprint density at radius 3 is 2.73 bits per heavy atom. The minimum Gasteiger partial charge on any atom is -0.497 e. The lowest BCUT2D eigenvalue weighted by molar-refractivity contribution is 0.220. The monoisotopic (exact) mass is 406 g/mol. The minimum atomic E-state index is -0.0622. The maximum Gasteiger partial charge on any atom is 0.321 e. The van der Waals surface area contributed by atoms with E-state index in [9.17, 15) is 4.79 Å². The molecule has 2 aromatic carbocycles. The molecule has 3 aromatic rings. The van der Waals surface area contributed by atoms with Crippen molar-refractivity contribution in [3.8, 4) is 17.2 Å². The summed E-state index contributed by atoms with van der Waals surface area (Å²) in [5.41, 5.74) is 4.06. The molecule has 0 radical (unpaired) electrons. The topological polar surface area (TPSA) is 80.5 Å². The van der Waals surface area contributed by atoms with Crippen LogP contribution in [0.3, 0.4) is 0 Å². The number of benzene rings is 2. The van der Waals surface area contributed by atoms with E-state index in [2.05, 4.69) is 22.4 Å². The standard InChI is InChI=1S/C23H26N4O3/c1-15-4-7-19(12-16(15)2)24-23(28)27-11-10-17(14-27)13-21-25-22(30-26-21)18-5-8-20(29-3)9-6-18/h4-9,12,17H,10-11,13-14H2,1-3H3,(H,24,28). The van der Waals surface area contributed by atoms with Crippen molar-refractivity contribution in [2.24, 2.45) is 5.92 Å². The first-order valence-electron chi connectivity index (χ1n) is 10.1. The third-order valence-corrected chi connectivity index (χ3v) is 5.61. The van der Waals surface area contributed by atoms with E-state index in [0.29, 0.717) is 30.6 Å². The highest BCUT2D eigenvalue weighted by Crippen LogP contribution is 2.24. The van der Waals surface area contributed by atoms with Crippen molar-refractivity contribution in [1.82, 2.24) is 15.0 Å². The summed E-state index contributed by atoms with van der Waals surface area (Å²) >= 11 is 0. The van der Waals surface area contributed by atoms with Crippen molar-refractivity contribution in [3.05, 3.63) is 59.4 Å². The lowest BCUT2D eigenvalue weighted by atomic mass is 10.1. The average Bonchev–Trinajstić information content (AvgIpc) is 3.41. The zero-order valence-electron chi connectivity index (χ0n) is 17.5. The molecule has 1 fully saturated rings. The van der Waals surface area contributed by atoms with Crippen LogP contribution in [0.2, 0.25) is 0 Å². The predicted octanol–water partition coefficient (Wildman–Crippen LogP) is 4.46. The number of carbonyl (C=O) groups is 1. The molecule has 0 aliphatic carbocycles. The summed E-state index contributed by atoms with van der Waals surface area (Å²) in [5.74, 6) is 2.26. The molecule has 1 aliphatic heterocycles. The van der Waals surface area contributed by atoms with Gasteiger partial charge in [-0.15, -0.1) is 0 Å². The molecule has 2 heterocycles. The Hall–Kier alpha value is -3.35. The Morgan fingerprint density at radius 2 is 2.00 bits per heavy atom. The Balaban J connectivity index is 1.33. The smallest absolute Gasteiger partial charge is 0.321 e. The third kappa shape index (κ3) is 4.45. The van der Waals surface area contributed by atoms with Crippen molar-refractivity contribution >= 4 is 11.7 Å². The van der Waals surface area contributed by atoms with Crippen LogP contribution in [0.25, 0.3) is 11.5 Å². The largest absolute Gasteiger partial charge is 0.497 e. The van der Waals surface area contributed by atoms with Crippen LogP contribution in [-0.2, 0) is 6.42 Å². The SMILES string of the molecule is COc1ccc(-c2nc(CC3CCN(C(=O)Nc4ccc(C)c(C)c4)C3)no2)cc1. The fraction of sp³-hybridized carbons (Fsp3) is 0.348. The summed E-state index contributed by atoms with van der Waals surface area (Å²) in [6, 6.07) is 13.4. The fourth-order valence-electron chi connectivity index (χ4n) is 3.65. The lowest BCUT2D eigenvalue weighted by Gasteiger charge is -2.17. The van der Waals surface area contributed by atoms with Crippen molar-refractivity contribution in [2.45, 2.75) is 26.7 Å². The number of likely N-dealkylation sites (tertiary alicyclic amines) is 1. The maximum absolute atomic E-state index is 12.6. The Bertz CT molecular complexity index is 1030. The quantitative estimate of drug-likeness (QED) is 0.677. The molecule has 1 atom stereocenters. The number of anilines is 1. The van der Waals surface area contributed by atoms with Gasteiger partial charge in [0, 0.05) is 30.8 Å². The van der Waals surface area contributed by atoms with Gasteiger partial charge in [-0.1, -0.05) is 11.2 Å². The average molecular weight is 406 g/mol. The van der Waals surface area contributed by atoms with Gasteiger partial charge in [0.25, 0.3) is 5.89 Å². The second kappa shape index (κ2) is 8.57. The molecule has 2 amide bonds. The molecule has 156 valence electrons. The van der Waals surface area contributed by atoms with Crippen LogP contribution in [0.4, 0.5) is 10.5 Å². The fourth-order valence-corrected chi connectivity index (χ4v) is 3.65. The number of aromatic nitrogens is 2. The molecule has 0 spiro atoms. The molecule has 1 N–H and O–H groups in total. The van der Waals surface area contributed by atoms with Gasteiger partial charge in [0.15, 0.2) is 5.82 Å². The molecule has 1 aromatic heterocycles. The number of carbonyl (C=O) groups excluding carboxylic acids is 1. The number of hydrogen-bond donors (Lipinski definition) is 1. The predicted molar refractivity (Wildman–Crippen MR) is 115 cm³/mol. The zero-order chi connectivity index (χ0) is 21.1. The van der Waals surface area contributed by atoms with Gasteiger partial charge in [-0.25, -0.2) is 4.79 Å². The molecular weight excluding hydrogens is 380 g/mol. The maximum atomic E-state index is 12.6. The van der Waals surface area contributed by atoms with Crippen LogP contribution in [0, 0.1) is 19.8 Å². The summed E-state index contributed by atoms with van der Waals surface area (Å²) in [7, 11) is 1.63. The van der Waals surface area contributed by atoms with Crippen LogP contribution in [0.5, 0.6) is 5.75 Å². The van der Waals surface area contributed by atoms with Crippen molar-refractivity contribution in [1.29, 1.82) is 0 Å². The van der Waals surface area contributed by atoms with Crippen LogP contribution < -0.4 is 10.1 Å². The van der Waals surface area contributed by atoms with E-state index in [1.54, 1.807) is 7.11 Å². The number of rotatable bonds is 5. The van der Waals surface area contributed by atoms with Gasteiger partial charge in [-0.3, -0.25) is 0 Å². The van der Waals surface area contributed by atoms with Crippen molar-refractivity contribution in [3.63, 3.8) is 0 Å². The summed E-state index contributed by atoms with van der Waals surface area (Å²) in [5, 5.41) is 7.12. The van der Waals surface area contributed by atoms with Gasteiger partial charge < -0.3 is 19.5 Å². The summed E-state index contributed by atoms with van der Waals surface area (Å²) in [4.78, 5) is 19.0. The molecule has 7 nitrogen and oxygen atoms in total. The molecule has 1 unspecified atom stereocenters. The highest BCUT2D eigenvalue weighted by Gasteiger charge is 2.28. The van der Waals surface area contributed by atoms with Gasteiger partial charge in [-0.2, -0.15) is 4.98 Å². The first-order valence-corrected chi connectivity index (χ1v) is 10.1. The number of amides is 2. The van der Waals surface area contributed by atoms with Gasteiger partial charge >= 0.3 is 6.03 Å². The highest BCUT2D eigenvalue weighted by molar-refractivity contribution is 5.89. The molecule has 1 aliphatic rings. The lowest BCUT2D eigenvalue weighted by Crippen LogP contribution is -2.33. The summed E-state index contributed by atoms with van der Waals surface area (Å²) < 4.78 is 10.6. The van der Waals surface area contributed by atoms with Gasteiger partial charge in [-0.05, 0) is 73.7 Å². The Labute approximate surface area is 176 Å². The normalized spacial score (nSPS) is 16.0. The Kier molecular flexibility index (Phi) is 5.70. The number of urea groups is 1. The van der Waals surface area contributed by atoms with Gasteiger partial charge in [0.2, 0.25) is 0 Å². The molecular formula is C23H26N4O3. The van der Waals surface area contributed by atoms with Gasteiger partial charge in [0.1, 0.15) is 5.75 Å². The summed E-state index contributed by atoms with van der Waals surface area (Å²) in [6.07, 6.45) is 1.61. The number of aryl methyl sites for hydroxylation is 2. The molecule has 0 saturated carbocycles. The van der Waals surface area contributed by atoms with Gasteiger partial charge in [0.05, 0.1) is 7.11 Å². The van der Waals surface area contributed by atoms with Crippen LogP contribution in [0.1, 0.15) is 23.4 Å². The van der Waals surface area contributed by atoms with E-state index >= 15 is 0 Å². The molecule has 4 rings (SSSR count). The van der Waals surface area contributed by atoms with Crippen LogP contribution in [-0.4, -0.2) is 41.3 Å². The highest BCUT2D eigenvalue weighted by atomic mass is 16.5. The van der Waals surface area contributed by atoms with Crippen molar-refractivity contribution < 1.29 is 14.1 Å². The van der Waals surface area contributed by atoms with E-state index in [1.165, 1.54) is 5.56 Å². The Morgan fingerprint density at radius 1 is 1.20 bits per heavy atom. The first-order chi connectivity index (χ1) is 14.5. The minimum absolute atomic E-state index is 0.0622. The molecule has 0 bridgehead atoms. The van der Waals surface area contributed by atoms with E-state index in [-0.39, 0.29) is 6.03 Å². The number of ether oxygens (including phenoxy) is 1. The van der Waals surface area contributed by atoms with E-state index in [0.717, 1.165) is 35.5 Å². The number of nitrogens with zero attached hydrogens (tertiary/aromatic N) is 3. The molecule has 7 heteroatoms. The second-order valence-corrected chi connectivity index (χ2v) is 7.78. The van der Waals surface area contributed by atoms with Crippen LogP contribution in [0.15, 0.2) is 47.0 Å². The second-order valence-electron chi connectivity index (χ2n) is 7.78. The van der Waals surface area contributed by atoms with Crippen molar-refractivity contribution in [2.75, 3.05) is 25.5 Å². The third-order valence-electron chi connectivity index (χ3n) is 5.61. The number of hydrogen-bond acceptors (Lipinski definition) is 5. The number of nitrogens with one attached hydrogen (secondary N) is 1. The molecule has 30 heavy (non-hydrogen) atoms. The van der Waals surface area contributed by atoms with E-state index in [1.807, 2.05) is 54.3 Å². The van der Waals surface area contributed by atoms with E-state index < -0.39 is 0 Å². The molecule has 1 saturated heterocycles.